The number of para-hydroxylation sites is 1. The highest BCUT2D eigenvalue weighted by Crippen LogP contribution is 2.29. The third-order valence-electron chi connectivity index (χ3n) is 3.30. The number of carbonyl (C=O) groups is 1. The van der Waals surface area contributed by atoms with E-state index in [2.05, 4.69) is 10.2 Å². The van der Waals surface area contributed by atoms with Crippen LogP contribution in [0.4, 0.5) is 0 Å². The number of amides is 1. The fraction of sp³-hybridized carbons (Fsp3) is 0.500. The van der Waals surface area contributed by atoms with Gasteiger partial charge < -0.3 is 24.8 Å². The fourth-order valence-corrected chi connectivity index (χ4v) is 2.16. The number of hydrogen-bond acceptors (Lipinski definition) is 5. The van der Waals surface area contributed by atoms with E-state index in [0.717, 1.165) is 13.1 Å². The van der Waals surface area contributed by atoms with Gasteiger partial charge in [-0.15, -0.1) is 0 Å². The third-order valence-corrected chi connectivity index (χ3v) is 3.30. The van der Waals surface area contributed by atoms with Gasteiger partial charge in [0.05, 0.1) is 25.4 Å². The van der Waals surface area contributed by atoms with Crippen molar-refractivity contribution in [1.29, 1.82) is 0 Å². The van der Waals surface area contributed by atoms with E-state index in [9.17, 15) is 9.90 Å². The highest BCUT2D eigenvalue weighted by Gasteiger charge is 2.20. The summed E-state index contributed by atoms with van der Waals surface area (Å²) in [5.74, 6) is -0.196. The molecule has 0 saturated carbocycles. The van der Waals surface area contributed by atoms with Gasteiger partial charge in [0.15, 0.2) is 11.5 Å². The Hall–Kier alpha value is -1.79. The minimum Gasteiger partial charge on any atom is -0.504 e. The van der Waals surface area contributed by atoms with Crippen LogP contribution in [-0.2, 0) is 4.74 Å². The number of hydrogen-bond donors (Lipinski definition) is 2. The molecule has 1 aromatic rings. The van der Waals surface area contributed by atoms with E-state index < -0.39 is 0 Å². The van der Waals surface area contributed by atoms with Gasteiger partial charge in [0.1, 0.15) is 0 Å². The maximum Gasteiger partial charge on any atom is 0.255 e. The number of morpholine rings is 1. The minimum atomic E-state index is -0.335. The van der Waals surface area contributed by atoms with Crippen LogP contribution >= 0.6 is 0 Å². The number of methoxy groups -OCH3 is 1. The van der Waals surface area contributed by atoms with Crippen molar-refractivity contribution in [2.75, 3.05) is 40.4 Å². The summed E-state index contributed by atoms with van der Waals surface area (Å²) in [7, 11) is 3.47. The van der Waals surface area contributed by atoms with Crippen molar-refractivity contribution in [2.24, 2.45) is 0 Å². The van der Waals surface area contributed by atoms with E-state index in [0.29, 0.717) is 13.2 Å². The first-order chi connectivity index (χ1) is 9.61. The van der Waals surface area contributed by atoms with Gasteiger partial charge in [-0.2, -0.15) is 0 Å². The molecule has 1 atom stereocenters. The number of benzene rings is 1. The number of phenolic OH excluding ortho intramolecular Hbond substituents is 1. The minimum absolute atomic E-state index is 0.0227. The van der Waals surface area contributed by atoms with Gasteiger partial charge in [-0.05, 0) is 19.2 Å². The molecule has 2 rings (SSSR count). The van der Waals surface area contributed by atoms with Crippen molar-refractivity contribution in [1.82, 2.24) is 10.2 Å². The molecule has 0 radical (unpaired) electrons. The summed E-state index contributed by atoms with van der Waals surface area (Å²) in [5, 5.41) is 12.7. The molecule has 1 fully saturated rings. The van der Waals surface area contributed by atoms with Gasteiger partial charge in [0.2, 0.25) is 0 Å². The van der Waals surface area contributed by atoms with E-state index in [4.69, 9.17) is 9.47 Å². The summed E-state index contributed by atoms with van der Waals surface area (Å²) in [4.78, 5) is 14.2. The van der Waals surface area contributed by atoms with Crippen molar-refractivity contribution in [3.63, 3.8) is 0 Å². The zero-order chi connectivity index (χ0) is 14.5. The Morgan fingerprint density at radius 3 is 3.10 bits per heavy atom. The number of rotatable bonds is 4. The molecular weight excluding hydrogens is 260 g/mol. The van der Waals surface area contributed by atoms with Crippen LogP contribution in [0.2, 0.25) is 0 Å². The molecule has 0 bridgehead atoms. The normalized spacial score (nSPS) is 19.6. The summed E-state index contributed by atoms with van der Waals surface area (Å²) in [5.41, 5.74) is 0.202. The molecule has 110 valence electrons. The number of ether oxygens (including phenoxy) is 2. The van der Waals surface area contributed by atoms with Crippen molar-refractivity contribution in [3.8, 4) is 11.5 Å². The largest absolute Gasteiger partial charge is 0.504 e. The molecule has 1 aliphatic heterocycles. The van der Waals surface area contributed by atoms with Crippen LogP contribution in [0, 0.1) is 0 Å². The Kier molecular flexibility index (Phi) is 4.81. The predicted molar refractivity (Wildman–Crippen MR) is 74.2 cm³/mol. The highest BCUT2D eigenvalue weighted by molar-refractivity contribution is 5.97. The topological polar surface area (TPSA) is 71.0 Å². The Bertz CT molecular complexity index is 478. The molecule has 1 aromatic carbocycles. The van der Waals surface area contributed by atoms with Crippen LogP contribution in [0.25, 0.3) is 0 Å². The molecule has 6 heteroatoms. The Labute approximate surface area is 118 Å². The summed E-state index contributed by atoms with van der Waals surface area (Å²) >= 11 is 0. The van der Waals surface area contributed by atoms with E-state index in [1.54, 1.807) is 18.2 Å². The maximum absolute atomic E-state index is 12.1. The van der Waals surface area contributed by atoms with Gasteiger partial charge in [0.25, 0.3) is 5.91 Å². The highest BCUT2D eigenvalue weighted by atomic mass is 16.5. The van der Waals surface area contributed by atoms with Gasteiger partial charge >= 0.3 is 0 Å². The lowest BCUT2D eigenvalue weighted by atomic mass is 10.1. The number of nitrogens with zero attached hydrogens (tertiary/aromatic N) is 1. The predicted octanol–water partition coefficient (Wildman–Crippen LogP) is 0.461. The molecule has 1 saturated heterocycles. The molecule has 6 nitrogen and oxygen atoms in total. The van der Waals surface area contributed by atoms with Gasteiger partial charge in [-0.1, -0.05) is 6.07 Å². The van der Waals surface area contributed by atoms with Crippen molar-refractivity contribution >= 4 is 5.91 Å². The second-order valence-electron chi connectivity index (χ2n) is 4.82. The molecule has 1 amide bonds. The summed E-state index contributed by atoms with van der Waals surface area (Å²) in [6.45, 7) is 2.77. The number of nitrogens with one attached hydrogen (secondary N) is 1. The number of phenols is 1. The van der Waals surface area contributed by atoms with Gasteiger partial charge in [-0.3, -0.25) is 4.79 Å². The van der Waals surface area contributed by atoms with E-state index in [1.165, 1.54) is 7.11 Å². The molecule has 1 heterocycles. The quantitative estimate of drug-likeness (QED) is 0.838. The van der Waals surface area contributed by atoms with Crippen molar-refractivity contribution < 1.29 is 19.4 Å². The zero-order valence-electron chi connectivity index (χ0n) is 11.8. The van der Waals surface area contributed by atoms with Crippen LogP contribution in [0.1, 0.15) is 10.4 Å². The number of carbonyl (C=O) groups excluding carboxylic acids is 1. The molecule has 1 aliphatic rings. The maximum atomic E-state index is 12.1. The summed E-state index contributed by atoms with van der Waals surface area (Å²) in [6.07, 6.45) is -0.0227. The fourth-order valence-electron chi connectivity index (χ4n) is 2.16. The van der Waals surface area contributed by atoms with Crippen LogP contribution in [0.5, 0.6) is 11.5 Å². The Morgan fingerprint density at radius 2 is 2.40 bits per heavy atom. The molecule has 1 unspecified atom stereocenters. The first kappa shape index (κ1) is 14.6. The van der Waals surface area contributed by atoms with Crippen molar-refractivity contribution in [3.05, 3.63) is 23.8 Å². The Morgan fingerprint density at radius 1 is 1.60 bits per heavy atom. The molecule has 20 heavy (non-hydrogen) atoms. The Balaban J connectivity index is 1.95. The molecule has 2 N–H and O–H groups in total. The second-order valence-corrected chi connectivity index (χ2v) is 4.82. The standard InChI is InChI=1S/C14H20N2O4/c1-16-6-7-20-10(9-16)8-15-14(18)11-4-3-5-12(19-2)13(11)17/h3-5,10,17H,6-9H2,1-2H3,(H,15,18). The van der Waals surface area contributed by atoms with Gasteiger partial charge in [-0.25, -0.2) is 0 Å². The summed E-state index contributed by atoms with van der Waals surface area (Å²) < 4.78 is 10.5. The van der Waals surface area contributed by atoms with Crippen LogP contribution < -0.4 is 10.1 Å². The third kappa shape index (κ3) is 3.40. The lowest BCUT2D eigenvalue weighted by Gasteiger charge is -2.30. The molecule has 0 spiro atoms. The SMILES string of the molecule is COc1cccc(C(=O)NCC2CN(C)CCO2)c1O. The number of aromatic hydroxyl groups is 1. The van der Waals surface area contributed by atoms with Crippen molar-refractivity contribution in [2.45, 2.75) is 6.10 Å². The first-order valence-corrected chi connectivity index (χ1v) is 6.56. The lowest BCUT2D eigenvalue weighted by Crippen LogP contribution is -2.45. The zero-order valence-corrected chi connectivity index (χ0v) is 11.8. The molecular formula is C14H20N2O4. The number of likely N-dealkylation sites (N-methyl/N-ethyl adjacent to an activating group) is 1. The monoisotopic (exact) mass is 280 g/mol. The van der Waals surface area contributed by atoms with Crippen LogP contribution in [0.3, 0.4) is 0 Å². The second kappa shape index (κ2) is 6.58. The average Bonchev–Trinajstić information content (AvgIpc) is 2.45. The van der Waals surface area contributed by atoms with E-state index in [1.807, 2.05) is 7.05 Å². The first-order valence-electron chi connectivity index (χ1n) is 6.56. The van der Waals surface area contributed by atoms with Crippen LogP contribution in [0.15, 0.2) is 18.2 Å². The molecule has 0 aliphatic carbocycles. The van der Waals surface area contributed by atoms with Gasteiger partial charge in [0, 0.05) is 19.6 Å². The van der Waals surface area contributed by atoms with Crippen LogP contribution in [-0.4, -0.2) is 62.4 Å². The molecule has 0 aromatic heterocycles. The lowest BCUT2D eigenvalue weighted by molar-refractivity contribution is -0.0175. The summed E-state index contributed by atoms with van der Waals surface area (Å²) in [6, 6.07) is 4.82. The smallest absolute Gasteiger partial charge is 0.255 e. The average molecular weight is 280 g/mol. The van der Waals surface area contributed by atoms with E-state index >= 15 is 0 Å². The van der Waals surface area contributed by atoms with E-state index in [-0.39, 0.29) is 29.1 Å².